The molecule has 0 unspecified atom stereocenters. The molecule has 2 N–H and O–H groups in total. The van der Waals surface area contributed by atoms with Crippen molar-refractivity contribution in [2.24, 2.45) is 0 Å². The van der Waals surface area contributed by atoms with Gasteiger partial charge in [-0.1, -0.05) is 0 Å². The lowest BCUT2D eigenvalue weighted by molar-refractivity contribution is -0.387. The fraction of sp³-hybridized carbons (Fsp3) is 0.400. The molecule has 1 aromatic carbocycles. The van der Waals surface area contributed by atoms with Crippen molar-refractivity contribution in [1.29, 1.82) is 0 Å². The number of nitrogens with one attached hydrogen (secondary N) is 2. The van der Waals surface area contributed by atoms with E-state index in [9.17, 15) is 22.9 Å². The fourth-order valence-electron chi connectivity index (χ4n) is 1.35. The second-order valence-electron chi connectivity index (χ2n) is 3.73. The monoisotopic (exact) mass is 291 g/mol. The number of rotatable bonds is 7. The summed E-state index contributed by atoms with van der Waals surface area (Å²) in [5.74, 6) is -1.07. The summed E-state index contributed by atoms with van der Waals surface area (Å²) in [5, 5.41) is 13.4. The van der Waals surface area contributed by atoms with Crippen molar-refractivity contribution in [2.75, 3.05) is 20.1 Å². The molecule has 19 heavy (non-hydrogen) atoms. The van der Waals surface area contributed by atoms with Crippen LogP contribution in [0.5, 0.6) is 0 Å². The molecule has 7 nitrogen and oxygen atoms in total. The Hall–Kier alpha value is -1.58. The average molecular weight is 291 g/mol. The second kappa shape index (κ2) is 6.55. The lowest BCUT2D eigenvalue weighted by atomic mass is 10.3. The van der Waals surface area contributed by atoms with Gasteiger partial charge in [-0.25, -0.2) is 13.1 Å². The number of nitro benzene ring substituents is 1. The highest BCUT2D eigenvalue weighted by molar-refractivity contribution is 7.89. The van der Waals surface area contributed by atoms with E-state index in [1.54, 1.807) is 7.05 Å². The third kappa shape index (κ3) is 4.23. The molecule has 0 radical (unpaired) electrons. The van der Waals surface area contributed by atoms with E-state index in [4.69, 9.17) is 0 Å². The summed E-state index contributed by atoms with van der Waals surface area (Å²) in [4.78, 5) is 9.25. The largest absolute Gasteiger partial charge is 0.320 e. The van der Waals surface area contributed by atoms with Crippen LogP contribution in [0.4, 0.5) is 10.1 Å². The Balaban J connectivity index is 2.89. The summed E-state index contributed by atoms with van der Waals surface area (Å²) in [6.45, 7) is 0.820. The SMILES string of the molecule is CNCCCNS(=O)(=O)c1ccc(F)c([N+](=O)[O-])c1. The Morgan fingerprint density at radius 2 is 2.05 bits per heavy atom. The topological polar surface area (TPSA) is 101 Å². The molecule has 0 heterocycles. The van der Waals surface area contributed by atoms with Crippen LogP contribution in [0.1, 0.15) is 6.42 Å². The number of hydrogen-bond donors (Lipinski definition) is 2. The highest BCUT2D eigenvalue weighted by atomic mass is 32.2. The van der Waals surface area contributed by atoms with Gasteiger partial charge in [0.05, 0.1) is 9.82 Å². The minimum absolute atomic E-state index is 0.189. The van der Waals surface area contributed by atoms with Gasteiger partial charge in [-0.2, -0.15) is 4.39 Å². The van der Waals surface area contributed by atoms with Crippen LogP contribution in [-0.4, -0.2) is 33.5 Å². The van der Waals surface area contributed by atoms with E-state index in [1.807, 2.05) is 0 Å². The molecule has 0 aromatic heterocycles. The molecule has 0 saturated heterocycles. The number of nitrogens with zero attached hydrogens (tertiary/aromatic N) is 1. The lowest BCUT2D eigenvalue weighted by Crippen LogP contribution is -2.26. The van der Waals surface area contributed by atoms with E-state index < -0.39 is 26.5 Å². The molecule has 0 spiro atoms. The van der Waals surface area contributed by atoms with Gasteiger partial charge in [-0.05, 0) is 32.1 Å². The first-order valence-electron chi connectivity index (χ1n) is 5.46. The average Bonchev–Trinajstić information content (AvgIpc) is 2.34. The summed E-state index contributed by atoms with van der Waals surface area (Å²) in [6.07, 6.45) is 0.568. The molecular formula is C10H14FN3O4S. The van der Waals surface area contributed by atoms with Crippen molar-refractivity contribution in [3.05, 3.63) is 34.1 Å². The number of benzene rings is 1. The number of sulfonamides is 1. The fourth-order valence-corrected chi connectivity index (χ4v) is 2.45. The molecule has 1 aromatic rings. The quantitative estimate of drug-likeness (QED) is 0.435. The van der Waals surface area contributed by atoms with Crippen molar-refractivity contribution in [3.8, 4) is 0 Å². The van der Waals surface area contributed by atoms with Crippen molar-refractivity contribution < 1.29 is 17.7 Å². The van der Waals surface area contributed by atoms with Crippen molar-refractivity contribution in [2.45, 2.75) is 11.3 Å². The number of halogens is 1. The van der Waals surface area contributed by atoms with Crippen molar-refractivity contribution in [3.63, 3.8) is 0 Å². The van der Waals surface area contributed by atoms with E-state index in [0.717, 1.165) is 12.1 Å². The maximum absolute atomic E-state index is 13.1. The second-order valence-corrected chi connectivity index (χ2v) is 5.49. The van der Waals surface area contributed by atoms with Gasteiger partial charge in [0.25, 0.3) is 0 Å². The van der Waals surface area contributed by atoms with Crippen LogP contribution in [0.3, 0.4) is 0 Å². The first-order valence-corrected chi connectivity index (χ1v) is 6.95. The zero-order valence-corrected chi connectivity index (χ0v) is 11.0. The molecule has 0 bridgehead atoms. The predicted molar refractivity (Wildman–Crippen MR) is 66.8 cm³/mol. The first-order chi connectivity index (χ1) is 8.88. The van der Waals surface area contributed by atoms with Crippen LogP contribution in [0.25, 0.3) is 0 Å². The maximum Gasteiger partial charge on any atom is 0.306 e. The van der Waals surface area contributed by atoms with Gasteiger partial charge in [0.2, 0.25) is 15.8 Å². The molecule has 0 aliphatic heterocycles. The highest BCUT2D eigenvalue weighted by Gasteiger charge is 2.20. The van der Waals surface area contributed by atoms with E-state index in [1.165, 1.54) is 0 Å². The molecule has 0 saturated carbocycles. The van der Waals surface area contributed by atoms with Crippen molar-refractivity contribution in [1.82, 2.24) is 10.0 Å². The van der Waals surface area contributed by atoms with Gasteiger partial charge in [-0.15, -0.1) is 0 Å². The highest BCUT2D eigenvalue weighted by Crippen LogP contribution is 2.21. The summed E-state index contributed by atoms with van der Waals surface area (Å²) >= 11 is 0. The maximum atomic E-state index is 13.1. The summed E-state index contributed by atoms with van der Waals surface area (Å²) in [5.41, 5.74) is -0.863. The lowest BCUT2D eigenvalue weighted by Gasteiger charge is -2.06. The smallest absolute Gasteiger partial charge is 0.306 e. The Morgan fingerprint density at radius 1 is 1.37 bits per heavy atom. The molecule has 0 aliphatic rings. The Labute approximate surface area is 110 Å². The summed E-state index contributed by atoms with van der Waals surface area (Å²) in [6, 6.07) is 2.46. The molecule has 0 amide bonds. The van der Waals surface area contributed by atoms with E-state index >= 15 is 0 Å². The Morgan fingerprint density at radius 3 is 2.63 bits per heavy atom. The third-order valence-electron chi connectivity index (χ3n) is 2.32. The third-order valence-corrected chi connectivity index (χ3v) is 3.78. The minimum Gasteiger partial charge on any atom is -0.320 e. The van der Waals surface area contributed by atoms with Gasteiger partial charge in [-0.3, -0.25) is 10.1 Å². The van der Waals surface area contributed by atoms with Crippen LogP contribution in [0.15, 0.2) is 23.1 Å². The van der Waals surface area contributed by atoms with Crippen LogP contribution in [0, 0.1) is 15.9 Å². The number of hydrogen-bond acceptors (Lipinski definition) is 5. The van der Waals surface area contributed by atoms with Gasteiger partial charge in [0.1, 0.15) is 0 Å². The van der Waals surface area contributed by atoms with Gasteiger partial charge < -0.3 is 5.32 Å². The summed E-state index contributed by atoms with van der Waals surface area (Å²) in [7, 11) is -2.13. The molecule has 0 atom stereocenters. The standard InChI is InChI=1S/C10H14FN3O4S/c1-12-5-2-6-13-19(17,18)8-3-4-9(11)10(7-8)14(15)16/h3-4,7,12-13H,2,5-6H2,1H3. The molecular weight excluding hydrogens is 277 g/mol. The Kier molecular flexibility index (Phi) is 5.33. The summed E-state index contributed by atoms with van der Waals surface area (Å²) < 4.78 is 39.0. The Bertz CT molecular complexity index is 562. The predicted octanol–water partition coefficient (Wildman–Crippen LogP) is 0.622. The van der Waals surface area contributed by atoms with Crippen LogP contribution in [0.2, 0.25) is 0 Å². The zero-order valence-electron chi connectivity index (χ0n) is 10.2. The van der Waals surface area contributed by atoms with E-state index in [0.29, 0.717) is 19.0 Å². The first kappa shape index (κ1) is 15.5. The van der Waals surface area contributed by atoms with E-state index in [2.05, 4.69) is 10.0 Å². The normalized spacial score (nSPS) is 11.5. The van der Waals surface area contributed by atoms with Crippen LogP contribution >= 0.6 is 0 Å². The van der Waals surface area contributed by atoms with Crippen molar-refractivity contribution >= 4 is 15.7 Å². The van der Waals surface area contributed by atoms with Crippen LogP contribution < -0.4 is 10.0 Å². The van der Waals surface area contributed by atoms with Gasteiger partial charge in [0, 0.05) is 12.6 Å². The minimum atomic E-state index is -3.86. The van der Waals surface area contributed by atoms with Crippen LogP contribution in [-0.2, 0) is 10.0 Å². The van der Waals surface area contributed by atoms with Gasteiger partial charge >= 0.3 is 5.69 Å². The molecule has 106 valence electrons. The molecule has 9 heteroatoms. The molecule has 0 aliphatic carbocycles. The van der Waals surface area contributed by atoms with E-state index in [-0.39, 0.29) is 11.4 Å². The molecule has 0 fully saturated rings. The zero-order chi connectivity index (χ0) is 14.5. The molecule has 1 rings (SSSR count). The van der Waals surface area contributed by atoms with Gasteiger partial charge in [0.15, 0.2) is 0 Å². The number of nitro groups is 1.